The largest absolute Gasteiger partial charge is 0.481 e. The third-order valence-corrected chi connectivity index (χ3v) is 13.2. The maximum absolute atomic E-state index is 12.8. The number of carbonyl (C=O) groups is 1. The molecule has 0 saturated heterocycles. The van der Waals surface area contributed by atoms with E-state index in [-0.39, 0.29) is 51.9 Å². The number of aliphatic carboxylic acids is 1. The minimum Gasteiger partial charge on any atom is -0.481 e. The molecule has 0 radical (unpaired) electrons. The second-order valence-corrected chi connectivity index (χ2v) is 15.1. The smallest absolute Gasteiger partial charge is 0.309 e. The van der Waals surface area contributed by atoms with Gasteiger partial charge in [0.15, 0.2) is 0 Å². The molecule has 4 N–H and O–H groups in total. The molecule has 198 valence electrons. The molecule has 4 fully saturated rings. The van der Waals surface area contributed by atoms with Gasteiger partial charge in [-0.3, -0.25) is 4.79 Å². The minimum absolute atomic E-state index is 0.0198. The second kappa shape index (κ2) is 7.57. The van der Waals surface area contributed by atoms with E-state index in [2.05, 4.69) is 46.8 Å². The lowest BCUT2D eigenvalue weighted by molar-refractivity contribution is -0.249. The second-order valence-electron chi connectivity index (χ2n) is 15.1. The Labute approximate surface area is 211 Å². The minimum atomic E-state index is -0.916. The Morgan fingerprint density at radius 2 is 1.54 bits per heavy atom. The third kappa shape index (κ3) is 3.07. The van der Waals surface area contributed by atoms with E-state index < -0.39 is 29.0 Å². The maximum atomic E-state index is 12.8. The summed E-state index contributed by atoms with van der Waals surface area (Å²) in [6, 6.07) is 0. The summed E-state index contributed by atoms with van der Waals surface area (Å²) in [5, 5.41) is 42.8. The number of hydrogen-bond donors (Lipinski definition) is 4. The average Bonchev–Trinajstić information content (AvgIpc) is 2.77. The zero-order valence-corrected chi connectivity index (χ0v) is 22.7. The summed E-state index contributed by atoms with van der Waals surface area (Å²) >= 11 is 0. The molecular weight excluding hydrogens is 440 g/mol. The molecule has 35 heavy (non-hydrogen) atoms. The number of aliphatic hydroxyl groups excluding tert-OH is 3. The van der Waals surface area contributed by atoms with Gasteiger partial charge in [0.05, 0.1) is 24.2 Å². The molecule has 5 aliphatic carbocycles. The Morgan fingerprint density at radius 3 is 2.17 bits per heavy atom. The third-order valence-electron chi connectivity index (χ3n) is 13.2. The lowest BCUT2D eigenvalue weighted by atomic mass is 9.32. The molecule has 0 bridgehead atoms. The number of carboxylic acids is 1. The van der Waals surface area contributed by atoms with Crippen LogP contribution in [0, 0.1) is 56.2 Å². The SMILES string of the molecule is CC1(C)CC[C@]2(C(=O)O)CC[C@]3(C)[C@H](C=C[C@@H]4[C@@]5(C)C[C@@H](O)[C@H](O)[C@](C)(CO)[C@@H]5CC[C@]43C)[C@H]2C1. The van der Waals surface area contributed by atoms with E-state index in [9.17, 15) is 25.2 Å². The van der Waals surface area contributed by atoms with E-state index in [0.29, 0.717) is 6.42 Å². The average molecular weight is 489 g/mol. The van der Waals surface area contributed by atoms with Crippen molar-refractivity contribution in [3.8, 4) is 0 Å². The Kier molecular flexibility index (Phi) is 5.56. The van der Waals surface area contributed by atoms with Gasteiger partial charge in [0, 0.05) is 5.41 Å². The predicted octanol–water partition coefficient (Wildman–Crippen LogP) is 5.03. The zero-order chi connectivity index (χ0) is 25.8. The summed E-state index contributed by atoms with van der Waals surface area (Å²) < 4.78 is 0. The highest BCUT2D eigenvalue weighted by Crippen LogP contribution is 2.75. The first-order valence-electron chi connectivity index (χ1n) is 14.0. The van der Waals surface area contributed by atoms with Crippen molar-refractivity contribution >= 4 is 5.97 Å². The first-order valence-corrected chi connectivity index (χ1v) is 14.0. The molecule has 0 aliphatic heterocycles. The van der Waals surface area contributed by atoms with Gasteiger partial charge in [-0.15, -0.1) is 0 Å². The molecule has 5 rings (SSSR count). The van der Waals surface area contributed by atoms with E-state index in [1.807, 2.05) is 6.92 Å². The quantitative estimate of drug-likeness (QED) is 0.409. The Morgan fingerprint density at radius 1 is 0.886 bits per heavy atom. The van der Waals surface area contributed by atoms with Crippen LogP contribution in [-0.4, -0.2) is 45.2 Å². The van der Waals surface area contributed by atoms with Crippen LogP contribution in [0.3, 0.4) is 0 Å². The topological polar surface area (TPSA) is 98.0 Å². The van der Waals surface area contributed by atoms with Gasteiger partial charge in [0.1, 0.15) is 0 Å². The predicted molar refractivity (Wildman–Crippen MR) is 135 cm³/mol. The Balaban J connectivity index is 1.61. The number of fused-ring (bicyclic) bond motifs is 7. The maximum Gasteiger partial charge on any atom is 0.309 e. The van der Waals surface area contributed by atoms with Crippen LogP contribution in [0.1, 0.15) is 92.9 Å². The zero-order valence-electron chi connectivity index (χ0n) is 22.7. The Hall–Kier alpha value is -0.910. The number of aliphatic hydroxyl groups is 3. The lowest BCUT2D eigenvalue weighted by Crippen LogP contribution is -2.69. The van der Waals surface area contributed by atoms with E-state index in [1.165, 1.54) is 0 Å². The molecule has 5 aliphatic rings. The van der Waals surface area contributed by atoms with Crippen LogP contribution in [0.2, 0.25) is 0 Å². The van der Waals surface area contributed by atoms with Gasteiger partial charge >= 0.3 is 5.97 Å². The summed E-state index contributed by atoms with van der Waals surface area (Å²) in [5.41, 5.74) is -1.46. The van der Waals surface area contributed by atoms with Crippen molar-refractivity contribution in [2.24, 2.45) is 56.2 Å². The fraction of sp³-hybridized carbons (Fsp3) is 0.900. The van der Waals surface area contributed by atoms with E-state index in [4.69, 9.17) is 0 Å². The molecule has 0 unspecified atom stereocenters. The molecule has 0 aromatic carbocycles. The number of rotatable bonds is 2. The van der Waals surface area contributed by atoms with Gasteiger partial charge in [-0.2, -0.15) is 0 Å². The van der Waals surface area contributed by atoms with Gasteiger partial charge in [-0.05, 0) is 96.7 Å². The normalized spacial score (nSPS) is 56.8. The monoisotopic (exact) mass is 488 g/mol. The van der Waals surface area contributed by atoms with Gasteiger partial charge in [0.25, 0.3) is 0 Å². The van der Waals surface area contributed by atoms with Crippen molar-refractivity contribution in [2.45, 2.75) is 105 Å². The van der Waals surface area contributed by atoms with Crippen molar-refractivity contribution in [2.75, 3.05) is 6.61 Å². The first-order chi connectivity index (χ1) is 16.1. The molecule has 0 spiro atoms. The van der Waals surface area contributed by atoms with E-state index >= 15 is 0 Å². The standard InChI is InChI=1S/C30H48O5/c1-25(2)11-13-30(24(34)35)14-12-28(5)18(19(30)15-25)7-8-22-26(3)16-20(32)23(33)27(4,17-31)21(26)9-10-29(22,28)6/h7-8,18-23,31-33H,9-17H2,1-6H3,(H,34,35)/t18-,19-,20-,21-,22-,23+,26+,27-,28-,29-,30+/m1/s1. The summed E-state index contributed by atoms with van der Waals surface area (Å²) in [6.45, 7) is 13.6. The van der Waals surface area contributed by atoms with Crippen LogP contribution < -0.4 is 0 Å². The number of hydrogen-bond acceptors (Lipinski definition) is 4. The van der Waals surface area contributed by atoms with Crippen LogP contribution in [-0.2, 0) is 4.79 Å². The van der Waals surface area contributed by atoms with E-state index in [0.717, 1.165) is 44.9 Å². The van der Waals surface area contributed by atoms with Gasteiger partial charge in [0.2, 0.25) is 0 Å². The molecule has 0 amide bonds. The molecule has 5 nitrogen and oxygen atoms in total. The van der Waals surface area contributed by atoms with Crippen molar-refractivity contribution in [3.05, 3.63) is 12.2 Å². The van der Waals surface area contributed by atoms with Crippen LogP contribution in [0.25, 0.3) is 0 Å². The van der Waals surface area contributed by atoms with E-state index in [1.54, 1.807) is 0 Å². The number of carboxylic acid groups (broad SMARTS) is 1. The summed E-state index contributed by atoms with van der Waals surface area (Å²) in [6.07, 6.45) is 9.85. The van der Waals surface area contributed by atoms with Crippen molar-refractivity contribution in [1.82, 2.24) is 0 Å². The fourth-order valence-electron chi connectivity index (χ4n) is 10.8. The fourth-order valence-corrected chi connectivity index (χ4v) is 10.8. The highest BCUT2D eigenvalue weighted by molar-refractivity contribution is 5.75. The molecule has 0 heterocycles. The summed E-state index contributed by atoms with van der Waals surface area (Å²) in [7, 11) is 0. The molecule has 11 atom stereocenters. The van der Waals surface area contributed by atoms with Gasteiger partial charge in [-0.1, -0.05) is 53.7 Å². The molecule has 0 aromatic heterocycles. The summed E-state index contributed by atoms with van der Waals surface area (Å²) in [5.74, 6) is 0.119. The highest BCUT2D eigenvalue weighted by Gasteiger charge is 2.71. The summed E-state index contributed by atoms with van der Waals surface area (Å²) in [4.78, 5) is 12.8. The highest BCUT2D eigenvalue weighted by atomic mass is 16.4. The molecule has 5 heteroatoms. The van der Waals surface area contributed by atoms with Gasteiger partial charge in [-0.25, -0.2) is 0 Å². The van der Waals surface area contributed by atoms with Crippen LogP contribution in [0.15, 0.2) is 12.2 Å². The van der Waals surface area contributed by atoms with Crippen molar-refractivity contribution < 1.29 is 25.2 Å². The first kappa shape index (κ1) is 25.7. The lowest BCUT2D eigenvalue weighted by Gasteiger charge is -2.72. The van der Waals surface area contributed by atoms with Crippen LogP contribution in [0.5, 0.6) is 0 Å². The Bertz CT molecular complexity index is 928. The van der Waals surface area contributed by atoms with Crippen LogP contribution in [0.4, 0.5) is 0 Å². The van der Waals surface area contributed by atoms with Crippen molar-refractivity contribution in [1.29, 1.82) is 0 Å². The number of allylic oxidation sites excluding steroid dienone is 2. The molecular formula is C30H48O5. The van der Waals surface area contributed by atoms with Crippen molar-refractivity contribution in [3.63, 3.8) is 0 Å². The van der Waals surface area contributed by atoms with Gasteiger partial charge < -0.3 is 20.4 Å². The molecule has 0 aromatic rings. The van der Waals surface area contributed by atoms with Crippen LogP contribution >= 0.6 is 0 Å². The molecule has 4 saturated carbocycles.